The van der Waals surface area contributed by atoms with E-state index in [4.69, 9.17) is 0 Å². The topological polar surface area (TPSA) is 37.8 Å². The highest BCUT2D eigenvalue weighted by Crippen LogP contribution is 2.20. The molecule has 0 saturated carbocycles. The fourth-order valence-corrected chi connectivity index (χ4v) is 2.40. The molecular formula is C17H16FN3. The van der Waals surface area contributed by atoms with Crippen molar-refractivity contribution in [3.63, 3.8) is 0 Å². The van der Waals surface area contributed by atoms with E-state index < -0.39 is 0 Å². The lowest BCUT2D eigenvalue weighted by Crippen LogP contribution is -2.07. The van der Waals surface area contributed by atoms with E-state index in [1.165, 1.54) is 11.7 Å². The first kappa shape index (κ1) is 13.5. The molecule has 106 valence electrons. The summed E-state index contributed by atoms with van der Waals surface area (Å²) < 4.78 is 14.1. The number of aryl methyl sites for hydroxylation is 1. The molecule has 2 aromatic carbocycles. The Bertz CT molecular complexity index is 766. The first-order chi connectivity index (χ1) is 10.3. The zero-order valence-corrected chi connectivity index (χ0v) is 11.8. The van der Waals surface area contributed by atoms with Gasteiger partial charge >= 0.3 is 0 Å². The molecule has 0 aliphatic carbocycles. The summed E-state index contributed by atoms with van der Waals surface area (Å²) in [5.74, 6) is -0.102. The molecule has 1 heterocycles. The fraction of sp³-hybridized carbons (Fsp3) is 0.176. The normalized spacial score (nSPS) is 10.8. The molecule has 0 spiro atoms. The van der Waals surface area contributed by atoms with Gasteiger partial charge in [-0.15, -0.1) is 0 Å². The molecule has 0 radical (unpaired) electrons. The Morgan fingerprint density at radius 1 is 1.05 bits per heavy atom. The van der Waals surface area contributed by atoms with Crippen LogP contribution in [0.2, 0.25) is 0 Å². The van der Waals surface area contributed by atoms with Gasteiger partial charge in [0.15, 0.2) is 11.6 Å². The molecule has 3 rings (SSSR count). The quantitative estimate of drug-likeness (QED) is 0.787. The highest BCUT2D eigenvalue weighted by Gasteiger charge is 2.09. The number of halogens is 1. The maximum Gasteiger partial charge on any atom is 0.186 e. The molecule has 4 heteroatoms. The van der Waals surface area contributed by atoms with Crippen LogP contribution in [0.3, 0.4) is 0 Å². The molecule has 0 bridgehead atoms. The lowest BCUT2D eigenvalue weighted by Gasteiger charge is -2.10. The summed E-state index contributed by atoms with van der Waals surface area (Å²) in [5, 5.41) is 5.41. The molecule has 0 atom stereocenters. The second-order valence-electron chi connectivity index (χ2n) is 4.83. The van der Waals surface area contributed by atoms with Gasteiger partial charge in [0.05, 0.1) is 5.69 Å². The summed E-state index contributed by atoms with van der Waals surface area (Å²) in [6, 6.07) is 14.3. The fourth-order valence-electron chi connectivity index (χ4n) is 2.40. The number of nitrogens with zero attached hydrogens (tertiary/aromatic N) is 2. The van der Waals surface area contributed by atoms with E-state index in [0.29, 0.717) is 18.7 Å². The Morgan fingerprint density at radius 2 is 1.86 bits per heavy atom. The second kappa shape index (κ2) is 5.87. The number of rotatable bonds is 4. The molecule has 3 nitrogen and oxygen atoms in total. The Morgan fingerprint density at radius 3 is 2.71 bits per heavy atom. The van der Waals surface area contributed by atoms with Gasteiger partial charge in [-0.3, -0.25) is 0 Å². The molecule has 0 fully saturated rings. The van der Waals surface area contributed by atoms with Gasteiger partial charge in [-0.05, 0) is 22.8 Å². The highest BCUT2D eigenvalue weighted by atomic mass is 19.1. The monoisotopic (exact) mass is 281 g/mol. The number of fused-ring (bicyclic) bond motifs is 1. The first-order valence-corrected chi connectivity index (χ1v) is 6.99. The van der Waals surface area contributed by atoms with Crippen molar-refractivity contribution < 1.29 is 4.39 Å². The number of hydrogen-bond acceptors (Lipinski definition) is 3. The summed E-state index contributed by atoms with van der Waals surface area (Å²) in [6.45, 7) is 2.40. The smallest absolute Gasteiger partial charge is 0.186 e. The van der Waals surface area contributed by atoms with Crippen molar-refractivity contribution in [2.24, 2.45) is 0 Å². The van der Waals surface area contributed by atoms with Crippen LogP contribution in [0.4, 0.5) is 10.2 Å². The molecule has 0 aliphatic rings. The third kappa shape index (κ3) is 2.70. The van der Waals surface area contributed by atoms with Crippen molar-refractivity contribution in [3.05, 3.63) is 65.9 Å². The lowest BCUT2D eigenvalue weighted by molar-refractivity contribution is 0.596. The summed E-state index contributed by atoms with van der Waals surface area (Å²) in [5.41, 5.74) is 1.55. The van der Waals surface area contributed by atoms with Gasteiger partial charge in [-0.1, -0.05) is 49.4 Å². The first-order valence-electron chi connectivity index (χ1n) is 6.99. The van der Waals surface area contributed by atoms with Crippen LogP contribution in [-0.2, 0) is 13.0 Å². The average molecular weight is 281 g/mol. The molecule has 0 amide bonds. The van der Waals surface area contributed by atoms with E-state index in [0.717, 1.165) is 10.9 Å². The molecule has 1 N–H and O–H groups in total. The zero-order valence-electron chi connectivity index (χ0n) is 11.8. The van der Waals surface area contributed by atoms with Crippen molar-refractivity contribution >= 4 is 16.6 Å². The van der Waals surface area contributed by atoms with Gasteiger partial charge in [0.25, 0.3) is 0 Å². The number of anilines is 1. The Labute approximate surface area is 122 Å². The molecule has 21 heavy (non-hydrogen) atoms. The van der Waals surface area contributed by atoms with E-state index in [1.807, 2.05) is 31.2 Å². The highest BCUT2D eigenvalue weighted by molar-refractivity contribution is 5.85. The van der Waals surface area contributed by atoms with E-state index in [-0.39, 0.29) is 11.6 Å². The van der Waals surface area contributed by atoms with Gasteiger partial charge < -0.3 is 5.32 Å². The molecular weight excluding hydrogens is 265 g/mol. The van der Waals surface area contributed by atoms with Crippen LogP contribution in [0.25, 0.3) is 10.8 Å². The summed E-state index contributed by atoms with van der Waals surface area (Å²) in [7, 11) is 0. The Balaban J connectivity index is 1.87. The van der Waals surface area contributed by atoms with Gasteiger partial charge in [0.1, 0.15) is 6.33 Å². The SMILES string of the molecule is CCc1ncnc(NCc2cccc3ccccc23)c1F. The number of nitrogens with one attached hydrogen (secondary N) is 1. The number of benzene rings is 2. The third-order valence-corrected chi connectivity index (χ3v) is 3.52. The van der Waals surface area contributed by atoms with Crippen LogP contribution in [0, 0.1) is 5.82 Å². The maximum atomic E-state index is 14.1. The average Bonchev–Trinajstić information content (AvgIpc) is 2.54. The predicted octanol–water partition coefficient (Wildman–Crippen LogP) is 3.94. The Hall–Kier alpha value is -2.49. The van der Waals surface area contributed by atoms with Gasteiger partial charge in [0.2, 0.25) is 0 Å². The third-order valence-electron chi connectivity index (χ3n) is 3.52. The molecule has 0 unspecified atom stereocenters. The minimum Gasteiger partial charge on any atom is -0.363 e. The van der Waals surface area contributed by atoms with Crippen LogP contribution in [0.15, 0.2) is 48.8 Å². The summed E-state index contributed by atoms with van der Waals surface area (Å²) >= 11 is 0. The standard InChI is InChI=1S/C17H16FN3/c1-2-15-16(18)17(21-11-20-15)19-10-13-8-5-7-12-6-3-4-9-14(12)13/h3-9,11H,2,10H2,1H3,(H,19,20,21). The minimum atomic E-state index is -0.361. The number of hydrogen-bond donors (Lipinski definition) is 1. The molecule has 0 aliphatic heterocycles. The predicted molar refractivity (Wildman–Crippen MR) is 82.6 cm³/mol. The summed E-state index contributed by atoms with van der Waals surface area (Å²) in [4.78, 5) is 7.92. The largest absolute Gasteiger partial charge is 0.363 e. The summed E-state index contributed by atoms with van der Waals surface area (Å²) in [6.07, 6.45) is 1.95. The molecule has 3 aromatic rings. The van der Waals surface area contributed by atoms with Gasteiger partial charge in [-0.2, -0.15) is 0 Å². The maximum absolute atomic E-state index is 14.1. The molecule has 1 aromatic heterocycles. The lowest BCUT2D eigenvalue weighted by atomic mass is 10.0. The van der Waals surface area contributed by atoms with E-state index >= 15 is 0 Å². The van der Waals surface area contributed by atoms with Crippen molar-refractivity contribution in [2.45, 2.75) is 19.9 Å². The van der Waals surface area contributed by atoms with Crippen LogP contribution in [-0.4, -0.2) is 9.97 Å². The Kier molecular flexibility index (Phi) is 3.77. The second-order valence-corrected chi connectivity index (χ2v) is 4.83. The zero-order chi connectivity index (χ0) is 14.7. The number of aromatic nitrogens is 2. The van der Waals surface area contributed by atoms with Crippen LogP contribution < -0.4 is 5.32 Å². The van der Waals surface area contributed by atoms with Crippen molar-refractivity contribution in [1.82, 2.24) is 9.97 Å². The van der Waals surface area contributed by atoms with Gasteiger partial charge in [-0.25, -0.2) is 14.4 Å². The van der Waals surface area contributed by atoms with Crippen LogP contribution in [0.1, 0.15) is 18.2 Å². The van der Waals surface area contributed by atoms with Crippen LogP contribution in [0.5, 0.6) is 0 Å². The molecule has 0 saturated heterocycles. The van der Waals surface area contributed by atoms with Crippen molar-refractivity contribution in [1.29, 1.82) is 0 Å². The van der Waals surface area contributed by atoms with Crippen molar-refractivity contribution in [3.8, 4) is 0 Å². The van der Waals surface area contributed by atoms with Crippen molar-refractivity contribution in [2.75, 3.05) is 5.32 Å². The van der Waals surface area contributed by atoms with Gasteiger partial charge in [0, 0.05) is 6.54 Å². The van der Waals surface area contributed by atoms with E-state index in [9.17, 15) is 4.39 Å². The van der Waals surface area contributed by atoms with E-state index in [1.54, 1.807) is 0 Å². The minimum absolute atomic E-state index is 0.259. The van der Waals surface area contributed by atoms with Crippen LogP contribution >= 0.6 is 0 Å². The van der Waals surface area contributed by atoms with E-state index in [2.05, 4.69) is 33.5 Å².